The smallest absolute Gasteiger partial charge is 0.345 e. The molecule has 0 aliphatic rings. The Morgan fingerprint density at radius 2 is 1.89 bits per heavy atom. The zero-order valence-corrected chi connectivity index (χ0v) is 13.7. The first-order chi connectivity index (χ1) is 13.0. The molecule has 0 fully saturated rings. The Balaban J connectivity index is 1.88. The van der Waals surface area contributed by atoms with Crippen LogP contribution < -0.4 is 4.74 Å². The van der Waals surface area contributed by atoms with Crippen molar-refractivity contribution in [1.82, 2.24) is 4.98 Å². The quantitative estimate of drug-likeness (QED) is 0.279. The minimum Gasteiger partial charge on any atom is -0.423 e. The Morgan fingerprint density at radius 3 is 2.56 bits per heavy atom. The third-order valence-corrected chi connectivity index (χ3v) is 3.70. The average Bonchev–Trinajstić information content (AvgIpc) is 2.66. The molecule has 0 aliphatic carbocycles. The number of nitrogens with zero attached hydrogens (tertiary/aromatic N) is 2. The van der Waals surface area contributed by atoms with Crippen molar-refractivity contribution in [3.63, 3.8) is 0 Å². The highest BCUT2D eigenvalue weighted by molar-refractivity contribution is 6.05. The van der Waals surface area contributed by atoms with Gasteiger partial charge in [0.2, 0.25) is 0 Å². The molecule has 1 heterocycles. The maximum atomic E-state index is 12.5. The molecule has 7 nitrogen and oxygen atoms in total. The lowest BCUT2D eigenvalue weighted by Crippen LogP contribution is -2.10. The SMILES string of the molecule is O=C(Oc1ccc([N+](=O)[O-])cc1)c1ccc(COC(F)F)c2ncccc12. The first-order valence-corrected chi connectivity index (χ1v) is 7.68. The fraction of sp³-hybridized carbons (Fsp3) is 0.111. The Bertz CT molecular complexity index is 993. The molecule has 0 saturated heterocycles. The lowest BCUT2D eigenvalue weighted by atomic mass is 10.0. The third-order valence-electron chi connectivity index (χ3n) is 3.70. The number of carbonyl (C=O) groups is 1. The number of hydrogen-bond donors (Lipinski definition) is 0. The van der Waals surface area contributed by atoms with Gasteiger partial charge in [-0.3, -0.25) is 15.1 Å². The minimum atomic E-state index is -2.92. The van der Waals surface area contributed by atoms with Gasteiger partial charge in [-0.25, -0.2) is 4.79 Å². The minimum absolute atomic E-state index is 0.132. The van der Waals surface area contributed by atoms with E-state index in [2.05, 4.69) is 9.72 Å². The van der Waals surface area contributed by atoms with Gasteiger partial charge in [0, 0.05) is 29.3 Å². The molecule has 138 valence electrons. The molecule has 1 aromatic heterocycles. The lowest BCUT2D eigenvalue weighted by Gasteiger charge is -2.10. The maximum Gasteiger partial charge on any atom is 0.345 e. The van der Waals surface area contributed by atoms with Crippen LogP contribution in [0.4, 0.5) is 14.5 Å². The molecule has 0 bridgehead atoms. The summed E-state index contributed by atoms with van der Waals surface area (Å²) in [6.07, 6.45) is 1.47. The number of ether oxygens (including phenoxy) is 2. The van der Waals surface area contributed by atoms with Gasteiger partial charge in [-0.15, -0.1) is 0 Å². The van der Waals surface area contributed by atoms with E-state index in [9.17, 15) is 23.7 Å². The van der Waals surface area contributed by atoms with E-state index in [4.69, 9.17) is 4.74 Å². The molecule has 0 amide bonds. The molecule has 0 saturated carbocycles. The van der Waals surface area contributed by atoms with Gasteiger partial charge in [-0.1, -0.05) is 12.1 Å². The van der Waals surface area contributed by atoms with Crippen LogP contribution in [0.25, 0.3) is 10.9 Å². The molecule has 27 heavy (non-hydrogen) atoms. The number of aromatic nitrogens is 1. The first kappa shape index (κ1) is 18.3. The number of rotatable bonds is 6. The van der Waals surface area contributed by atoms with Gasteiger partial charge < -0.3 is 9.47 Å². The number of nitro groups is 1. The van der Waals surface area contributed by atoms with Gasteiger partial charge in [-0.2, -0.15) is 8.78 Å². The number of esters is 1. The predicted octanol–water partition coefficient (Wildman–Crippen LogP) is 4.10. The van der Waals surface area contributed by atoms with E-state index in [1.54, 1.807) is 12.1 Å². The van der Waals surface area contributed by atoms with Crippen LogP contribution in [0.15, 0.2) is 54.7 Å². The van der Waals surface area contributed by atoms with Crippen molar-refractivity contribution in [3.8, 4) is 5.75 Å². The lowest BCUT2D eigenvalue weighted by molar-refractivity contribution is -0.384. The van der Waals surface area contributed by atoms with E-state index in [0.717, 1.165) is 0 Å². The summed E-state index contributed by atoms with van der Waals surface area (Å²) < 4.78 is 34.1. The van der Waals surface area contributed by atoms with Crippen LogP contribution in [0, 0.1) is 10.1 Å². The second kappa shape index (κ2) is 7.83. The zero-order valence-electron chi connectivity index (χ0n) is 13.7. The molecule has 0 radical (unpaired) electrons. The van der Waals surface area contributed by atoms with E-state index in [-0.39, 0.29) is 23.6 Å². The highest BCUT2D eigenvalue weighted by Gasteiger charge is 2.16. The summed E-state index contributed by atoms with van der Waals surface area (Å²) >= 11 is 0. The number of nitro benzene ring substituents is 1. The number of benzene rings is 2. The van der Waals surface area contributed by atoms with Crippen LogP contribution in [-0.4, -0.2) is 22.5 Å². The van der Waals surface area contributed by atoms with Crippen LogP contribution in [0.1, 0.15) is 15.9 Å². The van der Waals surface area contributed by atoms with Crippen LogP contribution >= 0.6 is 0 Å². The molecule has 0 unspecified atom stereocenters. The highest BCUT2D eigenvalue weighted by atomic mass is 19.3. The fourth-order valence-electron chi connectivity index (χ4n) is 2.48. The Morgan fingerprint density at radius 1 is 1.15 bits per heavy atom. The molecule has 3 aromatic rings. The van der Waals surface area contributed by atoms with Gasteiger partial charge in [-0.05, 0) is 24.3 Å². The second-order valence-electron chi connectivity index (χ2n) is 5.38. The van der Waals surface area contributed by atoms with Crippen molar-refractivity contribution >= 4 is 22.6 Å². The second-order valence-corrected chi connectivity index (χ2v) is 5.38. The topological polar surface area (TPSA) is 91.6 Å². The number of fused-ring (bicyclic) bond motifs is 1. The first-order valence-electron chi connectivity index (χ1n) is 7.68. The van der Waals surface area contributed by atoms with Crippen molar-refractivity contribution in [2.75, 3.05) is 0 Å². The summed E-state index contributed by atoms with van der Waals surface area (Å²) in [5, 5.41) is 11.1. The van der Waals surface area contributed by atoms with E-state index in [1.165, 1.54) is 42.6 Å². The average molecular weight is 374 g/mol. The van der Waals surface area contributed by atoms with Crippen molar-refractivity contribution in [2.45, 2.75) is 13.2 Å². The molecule has 0 spiro atoms. The Kier molecular flexibility index (Phi) is 5.32. The molecule has 9 heteroatoms. The number of pyridine rings is 1. The molecule has 0 N–H and O–H groups in total. The number of hydrogen-bond acceptors (Lipinski definition) is 6. The van der Waals surface area contributed by atoms with Crippen LogP contribution in [0.5, 0.6) is 5.75 Å². The molecule has 0 atom stereocenters. The molecule has 0 aliphatic heterocycles. The molecule has 3 rings (SSSR count). The summed E-state index contributed by atoms with van der Waals surface area (Å²) in [5.41, 5.74) is 0.791. The molecular weight excluding hydrogens is 362 g/mol. The van der Waals surface area contributed by atoms with E-state index >= 15 is 0 Å². The van der Waals surface area contributed by atoms with Crippen molar-refractivity contribution < 1.29 is 28.0 Å². The van der Waals surface area contributed by atoms with Crippen LogP contribution in [0.2, 0.25) is 0 Å². The van der Waals surface area contributed by atoms with Crippen LogP contribution in [-0.2, 0) is 11.3 Å². The summed E-state index contributed by atoms with van der Waals surface area (Å²) in [5.74, 6) is -0.573. The summed E-state index contributed by atoms with van der Waals surface area (Å²) in [6, 6.07) is 11.2. The monoisotopic (exact) mass is 374 g/mol. The number of halogens is 2. The fourth-order valence-corrected chi connectivity index (χ4v) is 2.48. The molecular formula is C18H12F2N2O5. The van der Waals surface area contributed by atoms with Gasteiger partial charge in [0.25, 0.3) is 5.69 Å². The zero-order chi connectivity index (χ0) is 19.4. The largest absolute Gasteiger partial charge is 0.423 e. The van der Waals surface area contributed by atoms with Crippen molar-refractivity contribution in [1.29, 1.82) is 0 Å². The van der Waals surface area contributed by atoms with Gasteiger partial charge >= 0.3 is 12.6 Å². The maximum absolute atomic E-state index is 12.5. The van der Waals surface area contributed by atoms with E-state index in [0.29, 0.717) is 16.5 Å². The number of alkyl halides is 2. The summed E-state index contributed by atoms with van der Waals surface area (Å²) in [7, 11) is 0. The number of non-ortho nitro benzene ring substituents is 1. The molecule has 2 aromatic carbocycles. The van der Waals surface area contributed by atoms with Crippen molar-refractivity contribution in [2.24, 2.45) is 0 Å². The van der Waals surface area contributed by atoms with Gasteiger partial charge in [0.15, 0.2) is 0 Å². The van der Waals surface area contributed by atoms with E-state index in [1.807, 2.05) is 0 Å². The highest BCUT2D eigenvalue weighted by Crippen LogP contribution is 2.24. The predicted molar refractivity (Wildman–Crippen MR) is 90.6 cm³/mol. The summed E-state index contributed by atoms with van der Waals surface area (Å²) in [6.45, 7) is -3.28. The summed E-state index contributed by atoms with van der Waals surface area (Å²) in [4.78, 5) is 26.7. The Labute approximate surface area is 151 Å². The van der Waals surface area contributed by atoms with Gasteiger partial charge in [0.05, 0.1) is 22.6 Å². The normalized spacial score (nSPS) is 10.9. The van der Waals surface area contributed by atoms with Crippen LogP contribution in [0.3, 0.4) is 0 Å². The number of carbonyl (C=O) groups excluding carboxylic acids is 1. The van der Waals surface area contributed by atoms with Gasteiger partial charge in [0.1, 0.15) is 5.75 Å². The standard InChI is InChI=1S/C18H12F2N2O5/c19-18(20)26-10-11-3-8-15(14-2-1-9-21-16(11)14)17(23)27-13-6-4-12(5-7-13)22(24)25/h1-9,18H,10H2. The van der Waals surface area contributed by atoms with E-state index < -0.39 is 17.5 Å². The Hall–Kier alpha value is -3.46. The van der Waals surface area contributed by atoms with Crippen molar-refractivity contribution in [3.05, 3.63) is 76.0 Å². The third kappa shape index (κ3) is 4.21.